The Morgan fingerprint density at radius 2 is 1.81 bits per heavy atom. The maximum atomic E-state index is 14.2. The number of nitrogens with zero attached hydrogens (tertiary/aromatic N) is 1. The van der Waals surface area contributed by atoms with Gasteiger partial charge in [-0.05, 0) is 51.5 Å². The number of amides is 2. The van der Waals surface area contributed by atoms with Crippen molar-refractivity contribution in [3.8, 4) is 0 Å². The summed E-state index contributed by atoms with van der Waals surface area (Å²) < 4.78 is 14.2. The number of halogens is 3. The molecule has 4 nitrogen and oxygen atoms in total. The van der Waals surface area contributed by atoms with E-state index in [-0.39, 0.29) is 24.1 Å². The zero-order chi connectivity index (χ0) is 23.2. The third-order valence-corrected chi connectivity index (χ3v) is 6.02. The summed E-state index contributed by atoms with van der Waals surface area (Å²) >= 11 is 13.5. The molecule has 0 spiro atoms. The Labute approximate surface area is 197 Å². The minimum absolute atomic E-state index is 0.00645. The molecule has 2 amide bonds. The van der Waals surface area contributed by atoms with Crippen LogP contribution in [-0.4, -0.2) is 34.0 Å². The van der Waals surface area contributed by atoms with Gasteiger partial charge in [0.25, 0.3) is 0 Å². The van der Waals surface area contributed by atoms with Crippen molar-refractivity contribution in [1.29, 1.82) is 0 Å². The van der Waals surface area contributed by atoms with Crippen LogP contribution >= 0.6 is 35.0 Å². The molecule has 1 N–H and O–H groups in total. The lowest BCUT2D eigenvalue weighted by molar-refractivity contribution is -0.139. The lowest BCUT2D eigenvalue weighted by Crippen LogP contribution is -2.52. The molecular formula is C23H27Cl2FN2O2S. The van der Waals surface area contributed by atoms with E-state index in [2.05, 4.69) is 5.32 Å². The highest BCUT2D eigenvalue weighted by atomic mass is 35.5. The first-order valence-corrected chi connectivity index (χ1v) is 11.8. The fraction of sp³-hybridized carbons (Fsp3) is 0.391. The topological polar surface area (TPSA) is 49.4 Å². The summed E-state index contributed by atoms with van der Waals surface area (Å²) in [4.78, 5) is 27.2. The van der Waals surface area contributed by atoms with Crippen molar-refractivity contribution in [2.45, 2.75) is 51.6 Å². The molecule has 0 saturated heterocycles. The lowest BCUT2D eigenvalue weighted by Gasteiger charge is -2.31. The van der Waals surface area contributed by atoms with Gasteiger partial charge in [-0.15, -0.1) is 11.8 Å². The van der Waals surface area contributed by atoms with Gasteiger partial charge < -0.3 is 10.2 Å². The quantitative estimate of drug-likeness (QED) is 0.522. The minimum Gasteiger partial charge on any atom is -0.350 e. The molecule has 0 saturated carbocycles. The van der Waals surface area contributed by atoms with Crippen LogP contribution in [0, 0.1) is 5.82 Å². The monoisotopic (exact) mass is 484 g/mol. The molecule has 0 bridgehead atoms. The molecule has 0 radical (unpaired) electrons. The largest absolute Gasteiger partial charge is 0.350 e. The van der Waals surface area contributed by atoms with E-state index in [4.69, 9.17) is 23.2 Å². The number of carbonyl (C=O) groups is 2. The Hall–Kier alpha value is -1.76. The van der Waals surface area contributed by atoms with E-state index in [9.17, 15) is 14.0 Å². The number of hydrogen-bond donors (Lipinski definition) is 1. The highest BCUT2D eigenvalue weighted by Gasteiger charge is 2.28. The average Bonchev–Trinajstić information content (AvgIpc) is 2.67. The normalized spacial score (nSPS) is 12.4. The first-order chi connectivity index (χ1) is 14.5. The van der Waals surface area contributed by atoms with Gasteiger partial charge in [0.2, 0.25) is 11.8 Å². The first-order valence-electron chi connectivity index (χ1n) is 9.84. The van der Waals surface area contributed by atoms with Gasteiger partial charge in [-0.1, -0.05) is 47.5 Å². The van der Waals surface area contributed by atoms with Gasteiger partial charge in [0, 0.05) is 33.4 Å². The third kappa shape index (κ3) is 8.02. The maximum absolute atomic E-state index is 14.2. The predicted molar refractivity (Wildman–Crippen MR) is 127 cm³/mol. The molecule has 0 heterocycles. The fourth-order valence-electron chi connectivity index (χ4n) is 2.84. The van der Waals surface area contributed by atoms with Crippen molar-refractivity contribution in [2.75, 3.05) is 5.75 Å². The molecule has 0 aliphatic carbocycles. The maximum Gasteiger partial charge on any atom is 0.242 e. The number of carbonyl (C=O) groups excluding carboxylic acids is 2. The van der Waals surface area contributed by atoms with E-state index in [0.29, 0.717) is 21.4 Å². The summed E-state index contributed by atoms with van der Waals surface area (Å²) in [6, 6.07) is 10.7. The molecule has 2 aromatic rings. The zero-order valence-electron chi connectivity index (χ0n) is 18.0. The molecule has 0 aliphatic heterocycles. The van der Waals surface area contributed by atoms with Gasteiger partial charge in [0.15, 0.2) is 0 Å². The van der Waals surface area contributed by atoms with Gasteiger partial charge in [-0.25, -0.2) is 4.39 Å². The van der Waals surface area contributed by atoms with Crippen LogP contribution in [0.3, 0.4) is 0 Å². The summed E-state index contributed by atoms with van der Waals surface area (Å²) in [6.07, 6.45) is 0. The van der Waals surface area contributed by atoms with E-state index < -0.39 is 17.4 Å². The molecule has 31 heavy (non-hydrogen) atoms. The van der Waals surface area contributed by atoms with E-state index in [0.717, 1.165) is 5.56 Å². The number of thioether (sulfide) groups is 1. The van der Waals surface area contributed by atoms with Crippen LogP contribution in [0.5, 0.6) is 0 Å². The summed E-state index contributed by atoms with van der Waals surface area (Å²) in [5.41, 5.74) is 0.776. The van der Waals surface area contributed by atoms with Crippen molar-refractivity contribution in [1.82, 2.24) is 10.2 Å². The van der Waals surface area contributed by atoms with Gasteiger partial charge in [-0.3, -0.25) is 9.59 Å². The van der Waals surface area contributed by atoms with Crippen molar-refractivity contribution in [3.05, 3.63) is 69.5 Å². The van der Waals surface area contributed by atoms with Crippen LogP contribution in [0.15, 0.2) is 42.5 Å². The Kier molecular flexibility index (Phi) is 9.22. The zero-order valence-corrected chi connectivity index (χ0v) is 20.4. The minimum atomic E-state index is -0.758. The molecule has 8 heteroatoms. The van der Waals surface area contributed by atoms with Crippen LogP contribution in [0.1, 0.15) is 38.8 Å². The van der Waals surface area contributed by atoms with Gasteiger partial charge in [0.1, 0.15) is 11.9 Å². The van der Waals surface area contributed by atoms with Crippen molar-refractivity contribution in [2.24, 2.45) is 0 Å². The molecule has 0 fully saturated rings. The molecule has 0 aliphatic rings. The van der Waals surface area contributed by atoms with E-state index >= 15 is 0 Å². The Morgan fingerprint density at radius 1 is 1.13 bits per heavy atom. The van der Waals surface area contributed by atoms with Crippen LogP contribution in [0.4, 0.5) is 4.39 Å². The second-order valence-corrected chi connectivity index (χ2v) is 10.1. The Balaban J connectivity index is 2.13. The highest BCUT2D eigenvalue weighted by Crippen LogP contribution is 2.25. The Morgan fingerprint density at radius 3 is 2.42 bits per heavy atom. The second kappa shape index (κ2) is 11.2. The van der Waals surface area contributed by atoms with E-state index in [1.54, 1.807) is 37.3 Å². The predicted octanol–water partition coefficient (Wildman–Crippen LogP) is 5.70. The molecule has 2 rings (SSSR count). The first kappa shape index (κ1) is 25.5. The van der Waals surface area contributed by atoms with Crippen LogP contribution in [-0.2, 0) is 21.9 Å². The van der Waals surface area contributed by atoms with Crippen LogP contribution in [0.25, 0.3) is 0 Å². The average molecular weight is 485 g/mol. The number of hydrogen-bond acceptors (Lipinski definition) is 3. The smallest absolute Gasteiger partial charge is 0.242 e. The SMILES string of the molecule is C[C@H](C(=O)NC(C)(C)C)N(Cc1ccccc1F)C(=O)CSCc1ccc(Cl)cc1Cl. The number of benzene rings is 2. The van der Waals surface area contributed by atoms with E-state index in [1.807, 2.05) is 26.8 Å². The summed E-state index contributed by atoms with van der Waals surface area (Å²) in [5, 5.41) is 3.97. The standard InChI is InChI=1S/C23H27Cl2FN2O2S/c1-15(22(30)27-23(2,3)4)28(12-16-7-5-6-8-20(16)26)21(29)14-31-13-17-9-10-18(24)11-19(17)25/h5-11,15H,12-14H2,1-4H3,(H,27,30)/t15-/m1/s1. The van der Waals surface area contributed by atoms with Gasteiger partial charge >= 0.3 is 0 Å². The van der Waals surface area contributed by atoms with Gasteiger partial charge in [-0.2, -0.15) is 0 Å². The Bertz CT molecular complexity index is 934. The number of nitrogens with one attached hydrogen (secondary N) is 1. The molecule has 2 aromatic carbocycles. The highest BCUT2D eigenvalue weighted by molar-refractivity contribution is 7.99. The summed E-state index contributed by atoms with van der Waals surface area (Å²) in [7, 11) is 0. The van der Waals surface area contributed by atoms with Crippen molar-refractivity contribution < 1.29 is 14.0 Å². The van der Waals surface area contributed by atoms with Crippen LogP contribution in [0.2, 0.25) is 10.0 Å². The number of rotatable bonds is 8. The van der Waals surface area contributed by atoms with Crippen molar-refractivity contribution in [3.63, 3.8) is 0 Å². The summed E-state index contributed by atoms with van der Waals surface area (Å²) in [6.45, 7) is 7.26. The fourth-order valence-corrected chi connectivity index (χ4v) is 4.31. The lowest BCUT2D eigenvalue weighted by atomic mass is 10.1. The molecular weight excluding hydrogens is 458 g/mol. The molecule has 0 unspecified atom stereocenters. The molecule has 0 aromatic heterocycles. The molecule has 1 atom stereocenters. The van der Waals surface area contributed by atoms with E-state index in [1.165, 1.54) is 22.7 Å². The summed E-state index contributed by atoms with van der Waals surface area (Å²) in [5.74, 6) is -0.319. The van der Waals surface area contributed by atoms with Gasteiger partial charge in [0.05, 0.1) is 5.75 Å². The third-order valence-electron chi connectivity index (χ3n) is 4.46. The van der Waals surface area contributed by atoms with Crippen molar-refractivity contribution >= 4 is 46.8 Å². The van der Waals surface area contributed by atoms with Crippen LogP contribution < -0.4 is 5.32 Å². The molecule has 168 valence electrons. The second-order valence-electron chi connectivity index (χ2n) is 8.26.